The van der Waals surface area contributed by atoms with Crippen LogP contribution in [0.25, 0.3) is 0 Å². The number of nitrogens with zero attached hydrogens (tertiary/aromatic N) is 2. The van der Waals surface area contributed by atoms with E-state index in [1.54, 1.807) is 6.07 Å². The first-order chi connectivity index (χ1) is 7.61. The fraction of sp³-hybridized carbons (Fsp3) is 0.500. The molecular formula is C10H17N5O. The number of anilines is 2. The summed E-state index contributed by atoms with van der Waals surface area (Å²) < 4.78 is 0. The molecule has 0 saturated carbocycles. The zero-order valence-corrected chi connectivity index (χ0v) is 9.58. The van der Waals surface area contributed by atoms with Gasteiger partial charge in [-0.3, -0.25) is 4.79 Å². The number of nitrogens with one attached hydrogen (secondary N) is 2. The molecule has 6 heteroatoms. The minimum absolute atomic E-state index is 0.0586. The Labute approximate surface area is 94.7 Å². The molecule has 1 aromatic heterocycles. The van der Waals surface area contributed by atoms with Gasteiger partial charge in [-0.1, -0.05) is 6.92 Å². The molecule has 16 heavy (non-hydrogen) atoms. The van der Waals surface area contributed by atoms with Gasteiger partial charge >= 0.3 is 0 Å². The Hall–Kier alpha value is -1.85. The predicted octanol–water partition coefficient (Wildman–Crippen LogP) is 0.305. The van der Waals surface area contributed by atoms with E-state index in [1.807, 2.05) is 13.8 Å². The van der Waals surface area contributed by atoms with Gasteiger partial charge in [-0.15, -0.1) is 0 Å². The van der Waals surface area contributed by atoms with Crippen molar-refractivity contribution in [2.75, 3.05) is 24.1 Å². The van der Waals surface area contributed by atoms with Gasteiger partial charge in [0, 0.05) is 18.3 Å². The van der Waals surface area contributed by atoms with Crippen LogP contribution in [0.1, 0.15) is 19.0 Å². The first kappa shape index (κ1) is 12.2. The highest BCUT2D eigenvalue weighted by atomic mass is 16.1. The van der Waals surface area contributed by atoms with Crippen molar-refractivity contribution < 1.29 is 4.79 Å². The van der Waals surface area contributed by atoms with Crippen molar-refractivity contribution in [3.05, 3.63) is 11.8 Å². The van der Waals surface area contributed by atoms with Gasteiger partial charge < -0.3 is 16.4 Å². The number of hydrogen-bond donors (Lipinski definition) is 3. The van der Waals surface area contributed by atoms with E-state index in [0.717, 1.165) is 12.1 Å². The molecule has 0 aliphatic carbocycles. The number of nitrogen functional groups attached to an aromatic ring is 1. The van der Waals surface area contributed by atoms with Crippen molar-refractivity contribution in [2.24, 2.45) is 0 Å². The Morgan fingerprint density at radius 2 is 2.25 bits per heavy atom. The molecule has 0 aromatic carbocycles. The third-order valence-electron chi connectivity index (χ3n) is 1.87. The summed E-state index contributed by atoms with van der Waals surface area (Å²) in [5.74, 6) is 0.713. The second-order valence-electron chi connectivity index (χ2n) is 3.46. The molecule has 0 atom stereocenters. The molecule has 0 fully saturated rings. The Morgan fingerprint density at radius 1 is 1.50 bits per heavy atom. The SMILES string of the molecule is CCCNC(=O)CNc1cc(C)nc(N)n1. The number of carbonyl (C=O) groups is 1. The monoisotopic (exact) mass is 223 g/mol. The normalized spacial score (nSPS) is 9.88. The van der Waals surface area contributed by atoms with Crippen LogP contribution in [-0.2, 0) is 4.79 Å². The maximum atomic E-state index is 11.3. The maximum absolute atomic E-state index is 11.3. The van der Waals surface area contributed by atoms with Crippen molar-refractivity contribution in [3.63, 3.8) is 0 Å². The van der Waals surface area contributed by atoms with Crippen molar-refractivity contribution in [2.45, 2.75) is 20.3 Å². The number of carbonyl (C=O) groups excluding carboxylic acids is 1. The highest BCUT2D eigenvalue weighted by molar-refractivity contribution is 5.80. The summed E-state index contributed by atoms with van der Waals surface area (Å²) in [5, 5.41) is 5.65. The summed E-state index contributed by atoms with van der Waals surface area (Å²) in [6.45, 7) is 4.70. The predicted molar refractivity (Wildman–Crippen MR) is 63.0 cm³/mol. The molecule has 0 unspecified atom stereocenters. The second-order valence-corrected chi connectivity index (χ2v) is 3.46. The number of aryl methyl sites for hydroxylation is 1. The minimum Gasteiger partial charge on any atom is -0.368 e. The molecule has 0 radical (unpaired) electrons. The molecule has 88 valence electrons. The third-order valence-corrected chi connectivity index (χ3v) is 1.87. The zero-order valence-electron chi connectivity index (χ0n) is 9.58. The summed E-state index contributed by atoms with van der Waals surface area (Å²) in [6, 6.07) is 1.74. The lowest BCUT2D eigenvalue weighted by Crippen LogP contribution is -2.30. The third kappa shape index (κ3) is 4.12. The molecular weight excluding hydrogens is 206 g/mol. The topological polar surface area (TPSA) is 92.9 Å². The van der Waals surface area contributed by atoms with E-state index >= 15 is 0 Å². The number of aromatic nitrogens is 2. The average Bonchev–Trinajstić information content (AvgIpc) is 2.22. The van der Waals surface area contributed by atoms with Gasteiger partial charge in [0.05, 0.1) is 6.54 Å². The fourth-order valence-corrected chi connectivity index (χ4v) is 1.18. The Kier molecular flexibility index (Phi) is 4.50. The molecule has 1 aromatic rings. The van der Waals surface area contributed by atoms with Crippen molar-refractivity contribution in [3.8, 4) is 0 Å². The number of rotatable bonds is 5. The molecule has 0 bridgehead atoms. The first-order valence-electron chi connectivity index (χ1n) is 5.23. The lowest BCUT2D eigenvalue weighted by molar-refractivity contribution is -0.119. The lowest BCUT2D eigenvalue weighted by Gasteiger charge is -2.07. The Bertz CT molecular complexity index is 346. The molecule has 1 rings (SSSR count). The Morgan fingerprint density at radius 3 is 2.88 bits per heavy atom. The van der Waals surface area contributed by atoms with E-state index in [4.69, 9.17) is 5.73 Å². The Balaban J connectivity index is 2.45. The molecule has 0 spiro atoms. The maximum Gasteiger partial charge on any atom is 0.239 e. The van der Waals surface area contributed by atoms with Gasteiger partial charge in [0.1, 0.15) is 5.82 Å². The molecule has 1 heterocycles. The van der Waals surface area contributed by atoms with Crippen LogP contribution in [0.15, 0.2) is 6.07 Å². The molecule has 4 N–H and O–H groups in total. The highest BCUT2D eigenvalue weighted by Gasteiger charge is 2.02. The van der Waals surface area contributed by atoms with E-state index in [2.05, 4.69) is 20.6 Å². The minimum atomic E-state index is -0.0586. The molecule has 0 aliphatic heterocycles. The van der Waals surface area contributed by atoms with E-state index < -0.39 is 0 Å². The first-order valence-corrected chi connectivity index (χ1v) is 5.23. The lowest BCUT2D eigenvalue weighted by atomic mass is 10.4. The van der Waals surface area contributed by atoms with Crippen LogP contribution in [0, 0.1) is 6.92 Å². The van der Waals surface area contributed by atoms with Crippen LogP contribution in [0.5, 0.6) is 0 Å². The van der Waals surface area contributed by atoms with Gasteiger partial charge in [-0.05, 0) is 13.3 Å². The second kappa shape index (κ2) is 5.89. The zero-order chi connectivity index (χ0) is 12.0. The molecule has 0 aliphatic rings. The quantitative estimate of drug-likeness (QED) is 0.668. The average molecular weight is 223 g/mol. The van der Waals surface area contributed by atoms with Crippen LogP contribution in [0.2, 0.25) is 0 Å². The molecule has 1 amide bonds. The van der Waals surface area contributed by atoms with Crippen molar-refractivity contribution >= 4 is 17.7 Å². The number of nitrogens with two attached hydrogens (primary N) is 1. The molecule has 6 nitrogen and oxygen atoms in total. The highest BCUT2D eigenvalue weighted by Crippen LogP contribution is 2.06. The van der Waals surface area contributed by atoms with E-state index in [-0.39, 0.29) is 18.4 Å². The number of amides is 1. The van der Waals surface area contributed by atoms with Gasteiger partial charge in [0.2, 0.25) is 11.9 Å². The van der Waals surface area contributed by atoms with Crippen LogP contribution >= 0.6 is 0 Å². The number of hydrogen-bond acceptors (Lipinski definition) is 5. The van der Waals surface area contributed by atoms with Gasteiger partial charge in [0.15, 0.2) is 0 Å². The fourth-order valence-electron chi connectivity index (χ4n) is 1.18. The summed E-state index contributed by atoms with van der Waals surface area (Å²) in [7, 11) is 0. The largest absolute Gasteiger partial charge is 0.368 e. The standard InChI is InChI=1S/C10H17N5O/c1-3-4-12-9(16)6-13-8-5-7(2)14-10(11)15-8/h5H,3-4,6H2,1-2H3,(H,12,16)(H3,11,13,14,15). The van der Waals surface area contributed by atoms with Gasteiger partial charge in [-0.2, -0.15) is 4.98 Å². The van der Waals surface area contributed by atoms with Crippen LogP contribution < -0.4 is 16.4 Å². The van der Waals surface area contributed by atoms with Crippen molar-refractivity contribution in [1.82, 2.24) is 15.3 Å². The van der Waals surface area contributed by atoms with E-state index in [9.17, 15) is 4.79 Å². The summed E-state index contributed by atoms with van der Waals surface area (Å²) in [4.78, 5) is 19.2. The van der Waals surface area contributed by atoms with Crippen LogP contribution in [-0.4, -0.2) is 29.0 Å². The summed E-state index contributed by atoms with van der Waals surface area (Å²) in [6.07, 6.45) is 0.922. The summed E-state index contributed by atoms with van der Waals surface area (Å²) >= 11 is 0. The van der Waals surface area contributed by atoms with Gasteiger partial charge in [-0.25, -0.2) is 4.98 Å². The van der Waals surface area contributed by atoms with Crippen LogP contribution in [0.4, 0.5) is 11.8 Å². The molecule has 0 saturated heterocycles. The summed E-state index contributed by atoms with van der Waals surface area (Å²) in [5.41, 5.74) is 6.25. The van der Waals surface area contributed by atoms with E-state index in [0.29, 0.717) is 12.4 Å². The van der Waals surface area contributed by atoms with Gasteiger partial charge in [0.25, 0.3) is 0 Å². The smallest absolute Gasteiger partial charge is 0.239 e. The van der Waals surface area contributed by atoms with Crippen molar-refractivity contribution in [1.29, 1.82) is 0 Å². The van der Waals surface area contributed by atoms with E-state index in [1.165, 1.54) is 0 Å². The van der Waals surface area contributed by atoms with Crippen LogP contribution in [0.3, 0.4) is 0 Å².